The number of hydrogen-bond acceptors (Lipinski definition) is 23. The van der Waals surface area contributed by atoms with Gasteiger partial charge in [0.2, 0.25) is 6.29 Å². The summed E-state index contributed by atoms with van der Waals surface area (Å²) in [5.41, 5.74) is -1.54. The third-order valence-electron chi connectivity index (χ3n) is 21.4. The molecule has 0 aromatic carbocycles. The summed E-state index contributed by atoms with van der Waals surface area (Å²) in [4.78, 5) is 27.1. The van der Waals surface area contributed by atoms with Gasteiger partial charge < -0.3 is 104 Å². The topological polar surface area (TPSA) is 360 Å². The lowest BCUT2D eigenvalue weighted by Crippen LogP contribution is -2.67. The molecular formula is C55H88O23. The number of carbonyl (C=O) groups excluding carboxylic acids is 2. The third kappa shape index (κ3) is 10.1. The van der Waals surface area contributed by atoms with E-state index in [1.807, 2.05) is 6.92 Å². The highest BCUT2D eigenvalue weighted by molar-refractivity contribution is 5.79. The number of rotatable bonds is 12. The summed E-state index contributed by atoms with van der Waals surface area (Å²) in [6.45, 7) is 14.5. The third-order valence-corrected chi connectivity index (χ3v) is 21.4. The van der Waals surface area contributed by atoms with Crippen molar-refractivity contribution in [1.29, 1.82) is 0 Å². The van der Waals surface area contributed by atoms with Gasteiger partial charge in [0.1, 0.15) is 92.1 Å². The second kappa shape index (κ2) is 22.2. The minimum absolute atomic E-state index is 0.0243. The van der Waals surface area contributed by atoms with Crippen LogP contribution >= 0.6 is 0 Å². The number of ether oxygens (including phenoxy) is 9. The predicted octanol–water partition coefficient (Wildman–Crippen LogP) is -0.825. The van der Waals surface area contributed by atoms with Crippen molar-refractivity contribution in [3.8, 4) is 0 Å². The Balaban J connectivity index is 0.905. The first-order valence-electron chi connectivity index (χ1n) is 28.1. The first-order chi connectivity index (χ1) is 36.5. The average molecular weight is 1120 g/mol. The van der Waals surface area contributed by atoms with Gasteiger partial charge in [0.15, 0.2) is 18.9 Å². The minimum atomic E-state index is -1.91. The Morgan fingerprint density at radius 3 is 1.97 bits per heavy atom. The fourth-order valence-electron chi connectivity index (χ4n) is 16.3. The molecule has 23 nitrogen and oxygen atoms in total. The molecule has 0 radical (unpaired) electrons. The molecule has 0 spiro atoms. The van der Waals surface area contributed by atoms with Gasteiger partial charge in [-0.3, -0.25) is 9.59 Å². The number of allylic oxidation sites excluding steroid dienone is 2. The van der Waals surface area contributed by atoms with Gasteiger partial charge in [0.25, 0.3) is 0 Å². The van der Waals surface area contributed by atoms with Crippen LogP contribution in [0.3, 0.4) is 0 Å². The Labute approximate surface area is 455 Å². The molecule has 23 heteroatoms. The van der Waals surface area contributed by atoms with Crippen molar-refractivity contribution in [2.75, 3.05) is 26.4 Å². The molecule has 12 N–H and O–H groups in total. The van der Waals surface area contributed by atoms with Gasteiger partial charge in [-0.2, -0.15) is 0 Å². The van der Waals surface area contributed by atoms with E-state index in [1.165, 1.54) is 12.5 Å². The molecule has 78 heavy (non-hydrogen) atoms. The van der Waals surface area contributed by atoms with Crippen molar-refractivity contribution >= 4 is 11.9 Å². The van der Waals surface area contributed by atoms with E-state index in [4.69, 9.17) is 42.6 Å². The van der Waals surface area contributed by atoms with Gasteiger partial charge in [-0.05, 0) is 111 Å². The zero-order valence-corrected chi connectivity index (χ0v) is 46.1. The van der Waals surface area contributed by atoms with Crippen molar-refractivity contribution in [3.63, 3.8) is 0 Å². The van der Waals surface area contributed by atoms with Crippen LogP contribution in [0.1, 0.15) is 120 Å². The van der Waals surface area contributed by atoms with E-state index in [-0.39, 0.29) is 52.6 Å². The van der Waals surface area contributed by atoms with E-state index in [0.717, 1.165) is 32.6 Å². The Bertz CT molecular complexity index is 2180. The lowest BCUT2D eigenvalue weighted by Gasteiger charge is -2.71. The van der Waals surface area contributed by atoms with Gasteiger partial charge in [-0.1, -0.05) is 53.2 Å². The van der Waals surface area contributed by atoms with Crippen LogP contribution in [0, 0.1) is 50.2 Å². The Morgan fingerprint density at radius 2 is 1.28 bits per heavy atom. The Kier molecular flexibility index (Phi) is 17.2. The summed E-state index contributed by atoms with van der Waals surface area (Å²) < 4.78 is 52.6. The normalized spacial score (nSPS) is 53.1. The molecule has 0 aromatic rings. The van der Waals surface area contributed by atoms with Gasteiger partial charge in [-0.25, -0.2) is 0 Å². The van der Waals surface area contributed by atoms with Crippen LogP contribution in [0.2, 0.25) is 0 Å². The summed E-state index contributed by atoms with van der Waals surface area (Å²) >= 11 is 0. The van der Waals surface area contributed by atoms with Crippen LogP contribution < -0.4 is 0 Å². The monoisotopic (exact) mass is 1120 g/mol. The van der Waals surface area contributed by atoms with E-state index in [2.05, 4.69) is 40.7 Å². The minimum Gasteiger partial charge on any atom is -0.463 e. The summed E-state index contributed by atoms with van der Waals surface area (Å²) in [5, 5.41) is 130. The van der Waals surface area contributed by atoms with E-state index in [9.17, 15) is 66.1 Å². The summed E-state index contributed by atoms with van der Waals surface area (Å²) in [5.74, 6) is -1.39. The molecule has 4 aliphatic heterocycles. The van der Waals surface area contributed by atoms with Crippen LogP contribution in [-0.4, -0.2) is 222 Å². The van der Waals surface area contributed by atoms with E-state index in [0.29, 0.717) is 38.5 Å². The van der Waals surface area contributed by atoms with Crippen molar-refractivity contribution in [3.05, 3.63) is 11.6 Å². The van der Waals surface area contributed by atoms with Gasteiger partial charge in [0.05, 0.1) is 37.4 Å². The smallest absolute Gasteiger partial charge is 0.315 e. The summed E-state index contributed by atoms with van der Waals surface area (Å²) in [6, 6.07) is 0. The first kappa shape index (κ1) is 60.5. The van der Waals surface area contributed by atoms with Crippen molar-refractivity contribution in [2.45, 2.75) is 242 Å². The molecule has 0 amide bonds. The van der Waals surface area contributed by atoms with Crippen LogP contribution in [-0.2, 0) is 52.2 Å². The maximum absolute atomic E-state index is 15.2. The second-order valence-corrected chi connectivity index (χ2v) is 26.3. The van der Waals surface area contributed by atoms with Crippen molar-refractivity contribution in [1.82, 2.24) is 0 Å². The van der Waals surface area contributed by atoms with Crippen LogP contribution in [0.25, 0.3) is 0 Å². The predicted molar refractivity (Wildman–Crippen MR) is 266 cm³/mol. The highest BCUT2D eigenvalue weighted by atomic mass is 16.8. The number of aliphatic hydroxyl groups is 12. The largest absolute Gasteiger partial charge is 0.463 e. The van der Waals surface area contributed by atoms with Gasteiger partial charge in [-0.15, -0.1) is 0 Å². The molecule has 0 bridgehead atoms. The Morgan fingerprint density at radius 1 is 0.641 bits per heavy atom. The molecule has 0 aromatic heterocycles. The molecule has 4 saturated carbocycles. The molecule has 28 atom stereocenters. The van der Waals surface area contributed by atoms with E-state index in [1.54, 1.807) is 0 Å². The average Bonchev–Trinajstić information content (AvgIpc) is 2.37. The number of esters is 2. The molecule has 28 unspecified atom stereocenters. The molecule has 8 fully saturated rings. The zero-order valence-electron chi connectivity index (χ0n) is 46.1. The van der Waals surface area contributed by atoms with Gasteiger partial charge in [0, 0.05) is 12.3 Å². The summed E-state index contributed by atoms with van der Waals surface area (Å²) in [6.07, 6.45) is -21.7. The lowest BCUT2D eigenvalue weighted by atomic mass is 9.33. The van der Waals surface area contributed by atoms with Crippen LogP contribution in [0.5, 0.6) is 0 Å². The molecule has 5 aliphatic carbocycles. The zero-order chi connectivity index (χ0) is 57.0. The van der Waals surface area contributed by atoms with Crippen molar-refractivity contribution in [2.24, 2.45) is 50.2 Å². The number of aliphatic hydroxyl groups excluding tert-OH is 12. The molecule has 446 valence electrons. The molecular weight excluding hydrogens is 1030 g/mol. The van der Waals surface area contributed by atoms with Crippen LogP contribution in [0.4, 0.5) is 0 Å². The molecule has 4 heterocycles. The maximum atomic E-state index is 15.2. The highest BCUT2D eigenvalue weighted by Crippen LogP contribution is 2.76. The summed E-state index contributed by atoms with van der Waals surface area (Å²) in [7, 11) is 0. The fourth-order valence-corrected chi connectivity index (χ4v) is 16.3. The van der Waals surface area contributed by atoms with Gasteiger partial charge >= 0.3 is 11.9 Å². The highest BCUT2D eigenvalue weighted by Gasteiger charge is 2.71. The second-order valence-electron chi connectivity index (χ2n) is 26.3. The first-order valence-corrected chi connectivity index (χ1v) is 28.1. The van der Waals surface area contributed by atoms with E-state index >= 15 is 4.79 Å². The SMILES string of the molecule is CC(=O)OCC1OC(OCC2OC(OC(=O)C34CCC(C)(C)CC3C3=CCC5C6(C)CCC(OC7OCC(O)C(O)C7O)C(C)(CO)C6CCC5(C)C3(C)CC4)C(O)C(O)C2O)C(O)C(O)C1OC1OC(C)C(O)C(O)C1O. The standard InChI is InChI=1S/C55H88O23/c1-24-34(59)37(62)41(66)47(73-24)77-44-30(22-70-25(2)57)75-45(43(68)39(44)64)72-21-29-36(61)38(63)42(67)48(74-29)78-49(69)55-17-15-50(3,4)19-27(55)26-9-10-32-51(5)13-12-33(76-46-40(65)35(60)28(58)20-71-46)52(6,23-56)31(51)11-14-54(32,8)53(26,7)16-18-55/h9,24,27-48,56,58-68H,10-23H2,1-8H3. The van der Waals surface area contributed by atoms with Crippen LogP contribution in [0.15, 0.2) is 11.6 Å². The molecule has 9 aliphatic rings. The quantitative estimate of drug-likeness (QED) is 0.0645. The number of fused-ring (bicyclic) bond motifs is 7. The Hall–Kier alpha value is -2.08. The molecule has 9 rings (SSSR count). The lowest BCUT2D eigenvalue weighted by molar-refractivity contribution is -0.361. The number of carbonyl (C=O) groups is 2. The number of hydrogen-bond donors (Lipinski definition) is 12. The molecule has 4 saturated heterocycles. The maximum Gasteiger partial charge on any atom is 0.315 e. The van der Waals surface area contributed by atoms with Crippen molar-refractivity contribution < 1.29 is 113 Å². The fraction of sp³-hybridized carbons (Fsp3) is 0.927. The van der Waals surface area contributed by atoms with E-state index < -0.39 is 159 Å².